The van der Waals surface area contributed by atoms with E-state index in [1.807, 2.05) is 19.4 Å². The summed E-state index contributed by atoms with van der Waals surface area (Å²) < 4.78 is 5.41. The molecule has 0 unspecified atom stereocenters. The fraction of sp³-hybridized carbons (Fsp3) is 0.647. The van der Waals surface area contributed by atoms with Crippen molar-refractivity contribution in [1.29, 1.82) is 0 Å². The van der Waals surface area contributed by atoms with Crippen LogP contribution in [-0.2, 0) is 11.3 Å². The van der Waals surface area contributed by atoms with Crippen LogP contribution in [-0.4, -0.2) is 45.1 Å². The van der Waals surface area contributed by atoms with E-state index in [0.29, 0.717) is 11.7 Å². The molecule has 134 valence electrons. The third kappa shape index (κ3) is 3.74. The van der Waals surface area contributed by atoms with Crippen molar-refractivity contribution in [2.75, 3.05) is 13.1 Å². The third-order valence-electron chi connectivity index (χ3n) is 5.05. The van der Waals surface area contributed by atoms with Gasteiger partial charge in [-0.25, -0.2) is 4.98 Å². The molecule has 0 aromatic carbocycles. The number of hydrogen-bond donors (Lipinski definition) is 1. The Kier molecular flexibility index (Phi) is 4.56. The van der Waals surface area contributed by atoms with Crippen molar-refractivity contribution in [2.24, 2.45) is 5.92 Å². The van der Waals surface area contributed by atoms with Gasteiger partial charge in [-0.15, -0.1) is 11.3 Å². The second-order valence-electron chi connectivity index (χ2n) is 7.06. The summed E-state index contributed by atoms with van der Waals surface area (Å²) in [5.74, 6) is 1.74. The van der Waals surface area contributed by atoms with Crippen LogP contribution in [0.1, 0.15) is 47.5 Å². The molecular formula is C17H23N5O2S. The minimum absolute atomic E-state index is 0.00919. The lowest BCUT2D eigenvalue weighted by Crippen LogP contribution is -2.51. The Hall–Kier alpha value is -1.80. The number of rotatable bonds is 5. The van der Waals surface area contributed by atoms with Gasteiger partial charge in [0.15, 0.2) is 5.82 Å². The highest BCUT2D eigenvalue weighted by Gasteiger charge is 2.38. The van der Waals surface area contributed by atoms with E-state index >= 15 is 0 Å². The molecule has 4 rings (SSSR count). The standard InChI is InChI=1S/C17H23N5O2S/c1-10-15(25-9-18-10)8-22-6-5-13(17-19-11(2)21-24-17)14(7-22)20-16(23)12-3-4-12/h9,12-14H,3-8H2,1-2H3,(H,20,23)/t13-,14+/m0/s1. The first-order chi connectivity index (χ1) is 12.1. The number of nitrogens with one attached hydrogen (secondary N) is 1. The summed E-state index contributed by atoms with van der Waals surface area (Å²) >= 11 is 1.69. The van der Waals surface area contributed by atoms with E-state index < -0.39 is 0 Å². The Bertz CT molecular complexity index is 754. The predicted octanol–water partition coefficient (Wildman–Crippen LogP) is 2.03. The summed E-state index contributed by atoms with van der Waals surface area (Å²) in [5, 5.41) is 7.17. The normalized spacial score (nSPS) is 24.4. The van der Waals surface area contributed by atoms with Gasteiger partial charge in [0.2, 0.25) is 11.8 Å². The van der Waals surface area contributed by atoms with E-state index in [1.165, 1.54) is 4.88 Å². The second kappa shape index (κ2) is 6.84. The molecule has 25 heavy (non-hydrogen) atoms. The highest BCUT2D eigenvalue weighted by Crippen LogP contribution is 2.32. The highest BCUT2D eigenvalue weighted by molar-refractivity contribution is 7.09. The third-order valence-corrected chi connectivity index (χ3v) is 5.97. The van der Waals surface area contributed by atoms with Gasteiger partial charge in [-0.3, -0.25) is 9.69 Å². The van der Waals surface area contributed by atoms with E-state index in [0.717, 1.165) is 44.6 Å². The molecule has 3 heterocycles. The zero-order valence-corrected chi connectivity index (χ0v) is 15.4. The maximum atomic E-state index is 12.3. The fourth-order valence-electron chi connectivity index (χ4n) is 3.40. The number of aryl methyl sites for hydroxylation is 2. The van der Waals surface area contributed by atoms with Crippen molar-refractivity contribution >= 4 is 17.2 Å². The first-order valence-corrected chi connectivity index (χ1v) is 9.70. The molecule has 2 aliphatic rings. The molecule has 0 bridgehead atoms. The number of nitrogens with zero attached hydrogens (tertiary/aromatic N) is 4. The van der Waals surface area contributed by atoms with Crippen molar-refractivity contribution in [3.05, 3.63) is 27.8 Å². The number of aromatic nitrogens is 3. The van der Waals surface area contributed by atoms with Crippen molar-refractivity contribution < 1.29 is 9.32 Å². The van der Waals surface area contributed by atoms with Crippen LogP contribution in [0.5, 0.6) is 0 Å². The lowest BCUT2D eigenvalue weighted by Gasteiger charge is -2.37. The molecule has 0 radical (unpaired) electrons. The average molecular weight is 361 g/mol. The predicted molar refractivity (Wildman–Crippen MR) is 93.2 cm³/mol. The molecule has 0 spiro atoms. The Balaban J connectivity index is 1.48. The van der Waals surface area contributed by atoms with Crippen LogP contribution in [0.2, 0.25) is 0 Å². The number of piperidine rings is 1. The summed E-state index contributed by atoms with van der Waals surface area (Å²) in [7, 11) is 0. The Morgan fingerprint density at radius 1 is 1.40 bits per heavy atom. The molecule has 1 N–H and O–H groups in total. The second-order valence-corrected chi connectivity index (χ2v) is 8.00. The maximum Gasteiger partial charge on any atom is 0.231 e. The maximum absolute atomic E-state index is 12.3. The SMILES string of the molecule is Cc1noc([C@H]2CCN(Cc3scnc3C)C[C@H]2NC(=O)C2CC2)n1. The van der Waals surface area contributed by atoms with Crippen molar-refractivity contribution in [3.8, 4) is 0 Å². The van der Waals surface area contributed by atoms with Crippen LogP contribution in [0.25, 0.3) is 0 Å². The van der Waals surface area contributed by atoms with E-state index in [4.69, 9.17) is 4.52 Å². The summed E-state index contributed by atoms with van der Waals surface area (Å²) in [4.78, 5) is 24.8. The quantitative estimate of drug-likeness (QED) is 0.877. The molecule has 1 aliphatic heterocycles. The first kappa shape index (κ1) is 16.7. The fourth-order valence-corrected chi connectivity index (χ4v) is 4.21. The summed E-state index contributed by atoms with van der Waals surface area (Å²) in [6.45, 7) is 6.49. The summed E-state index contributed by atoms with van der Waals surface area (Å²) in [6, 6.07) is 0.00919. The average Bonchev–Trinajstić information content (AvgIpc) is 3.25. The molecule has 1 saturated carbocycles. The number of hydrogen-bond acceptors (Lipinski definition) is 7. The molecule has 1 aliphatic carbocycles. The monoisotopic (exact) mass is 361 g/mol. The summed E-state index contributed by atoms with van der Waals surface area (Å²) in [5.41, 5.74) is 2.99. The number of carbonyl (C=O) groups is 1. The molecular weight excluding hydrogens is 338 g/mol. The van der Waals surface area contributed by atoms with E-state index in [1.54, 1.807) is 11.3 Å². The van der Waals surface area contributed by atoms with Gasteiger partial charge in [0.1, 0.15) is 0 Å². The topological polar surface area (TPSA) is 84.2 Å². The van der Waals surface area contributed by atoms with Gasteiger partial charge in [-0.2, -0.15) is 4.98 Å². The van der Waals surface area contributed by atoms with Crippen LogP contribution in [0.4, 0.5) is 0 Å². The largest absolute Gasteiger partial charge is 0.351 e. The summed E-state index contributed by atoms with van der Waals surface area (Å²) in [6.07, 6.45) is 2.91. The van der Waals surface area contributed by atoms with Crippen molar-refractivity contribution in [1.82, 2.24) is 25.3 Å². The molecule has 8 heteroatoms. The van der Waals surface area contributed by atoms with Crippen molar-refractivity contribution in [2.45, 2.75) is 51.6 Å². The minimum Gasteiger partial charge on any atom is -0.351 e. The van der Waals surface area contributed by atoms with Gasteiger partial charge >= 0.3 is 0 Å². The van der Waals surface area contributed by atoms with Gasteiger partial charge in [0, 0.05) is 23.9 Å². The molecule has 2 aromatic heterocycles. The van der Waals surface area contributed by atoms with Gasteiger partial charge in [-0.1, -0.05) is 5.16 Å². The van der Waals surface area contributed by atoms with Crippen LogP contribution >= 0.6 is 11.3 Å². The molecule has 7 nitrogen and oxygen atoms in total. The Labute approximate surface area is 150 Å². The molecule has 1 saturated heterocycles. The Morgan fingerprint density at radius 2 is 2.24 bits per heavy atom. The van der Waals surface area contributed by atoms with Crippen molar-refractivity contribution in [3.63, 3.8) is 0 Å². The molecule has 2 fully saturated rings. The molecule has 2 atom stereocenters. The number of carbonyl (C=O) groups excluding carboxylic acids is 1. The van der Waals surface area contributed by atoms with Gasteiger partial charge in [0.25, 0.3) is 0 Å². The van der Waals surface area contributed by atoms with Crippen LogP contribution in [0.15, 0.2) is 10.0 Å². The van der Waals surface area contributed by atoms with Crippen LogP contribution < -0.4 is 5.32 Å². The highest BCUT2D eigenvalue weighted by atomic mass is 32.1. The van der Waals surface area contributed by atoms with Gasteiger partial charge in [0.05, 0.1) is 23.2 Å². The first-order valence-electron chi connectivity index (χ1n) is 8.82. The number of amides is 1. The molecule has 2 aromatic rings. The van der Waals surface area contributed by atoms with Gasteiger partial charge in [-0.05, 0) is 39.7 Å². The van der Waals surface area contributed by atoms with Crippen LogP contribution in [0.3, 0.4) is 0 Å². The van der Waals surface area contributed by atoms with Gasteiger partial charge < -0.3 is 9.84 Å². The lowest BCUT2D eigenvalue weighted by atomic mass is 9.91. The molecule has 1 amide bonds. The number of thiazole rings is 1. The smallest absolute Gasteiger partial charge is 0.231 e. The number of likely N-dealkylation sites (tertiary alicyclic amines) is 1. The zero-order chi connectivity index (χ0) is 17.4. The minimum atomic E-state index is 0.00919. The van der Waals surface area contributed by atoms with Crippen LogP contribution in [0, 0.1) is 19.8 Å². The van der Waals surface area contributed by atoms with E-state index in [2.05, 4.69) is 25.3 Å². The Morgan fingerprint density at radius 3 is 2.88 bits per heavy atom. The van der Waals surface area contributed by atoms with E-state index in [-0.39, 0.29) is 23.8 Å². The lowest BCUT2D eigenvalue weighted by molar-refractivity contribution is -0.123. The zero-order valence-electron chi connectivity index (χ0n) is 14.6. The van der Waals surface area contributed by atoms with E-state index in [9.17, 15) is 4.79 Å².